The van der Waals surface area contributed by atoms with Crippen LogP contribution in [-0.4, -0.2) is 20.4 Å². The van der Waals surface area contributed by atoms with Crippen molar-refractivity contribution in [2.24, 2.45) is 0 Å². The molecule has 0 aliphatic heterocycles. The van der Waals surface area contributed by atoms with Crippen LogP contribution in [0.1, 0.15) is 47.2 Å². The van der Waals surface area contributed by atoms with E-state index >= 15 is 0 Å². The van der Waals surface area contributed by atoms with Crippen LogP contribution in [0.15, 0.2) is 41.3 Å². The van der Waals surface area contributed by atoms with Gasteiger partial charge in [0.25, 0.3) is 15.9 Å². The monoisotopic (exact) mass is 406 g/mol. The Morgan fingerprint density at radius 3 is 2.44 bits per heavy atom. The molecule has 0 radical (unpaired) electrons. The summed E-state index contributed by atoms with van der Waals surface area (Å²) in [5.74, 6) is -0.276. The Hall–Kier alpha value is -2.05. The van der Waals surface area contributed by atoms with Crippen LogP contribution in [0.2, 0.25) is 5.02 Å². The molecule has 1 fully saturated rings. The molecule has 0 heterocycles. The molecular weight excluding hydrogens is 384 g/mol. The van der Waals surface area contributed by atoms with Gasteiger partial charge in [-0.1, -0.05) is 42.1 Å². The maximum absolute atomic E-state index is 12.9. The molecule has 5 nitrogen and oxygen atoms in total. The van der Waals surface area contributed by atoms with Crippen LogP contribution in [-0.2, 0) is 10.0 Å². The number of rotatable bonds is 5. The molecule has 1 saturated carbocycles. The van der Waals surface area contributed by atoms with E-state index in [0.29, 0.717) is 5.69 Å². The highest BCUT2D eigenvalue weighted by atomic mass is 35.5. The van der Waals surface area contributed by atoms with Gasteiger partial charge in [-0.3, -0.25) is 9.52 Å². The lowest BCUT2D eigenvalue weighted by molar-refractivity contribution is 0.0937. The van der Waals surface area contributed by atoms with Gasteiger partial charge < -0.3 is 5.32 Å². The van der Waals surface area contributed by atoms with Crippen LogP contribution < -0.4 is 10.0 Å². The number of sulfonamides is 1. The summed E-state index contributed by atoms with van der Waals surface area (Å²) in [4.78, 5) is 12.4. The number of aryl methyl sites for hydroxylation is 2. The zero-order chi connectivity index (χ0) is 19.6. The van der Waals surface area contributed by atoms with Gasteiger partial charge >= 0.3 is 0 Å². The predicted molar refractivity (Wildman–Crippen MR) is 108 cm³/mol. The summed E-state index contributed by atoms with van der Waals surface area (Å²) in [6.07, 6.45) is 4.12. The molecule has 0 bridgehead atoms. The third-order valence-corrected chi connectivity index (χ3v) is 6.65. The summed E-state index contributed by atoms with van der Waals surface area (Å²) in [5, 5.41) is 3.03. The molecule has 3 rings (SSSR count). The van der Waals surface area contributed by atoms with E-state index in [1.54, 1.807) is 12.1 Å². The Balaban J connectivity index is 1.86. The van der Waals surface area contributed by atoms with Crippen molar-refractivity contribution in [2.45, 2.75) is 50.5 Å². The number of hydrogen-bond donors (Lipinski definition) is 2. The average molecular weight is 407 g/mol. The van der Waals surface area contributed by atoms with Crippen LogP contribution in [0, 0.1) is 13.8 Å². The standard InChI is InChI=1S/C20H23ClN2O3S/c1-13-7-10-18(14(2)11-13)23-27(25,26)19-12-15(8-9-17(19)21)20(24)22-16-5-3-4-6-16/h7-12,16,23H,3-6H2,1-2H3,(H,22,24). The fourth-order valence-electron chi connectivity index (χ4n) is 3.32. The van der Waals surface area contributed by atoms with E-state index in [1.807, 2.05) is 26.0 Å². The fraction of sp³-hybridized carbons (Fsp3) is 0.350. The van der Waals surface area contributed by atoms with Crippen molar-refractivity contribution < 1.29 is 13.2 Å². The minimum Gasteiger partial charge on any atom is -0.349 e. The second-order valence-electron chi connectivity index (χ2n) is 7.02. The Morgan fingerprint density at radius 2 is 1.78 bits per heavy atom. The van der Waals surface area contributed by atoms with Gasteiger partial charge in [-0.15, -0.1) is 0 Å². The SMILES string of the molecule is Cc1ccc(NS(=O)(=O)c2cc(C(=O)NC3CCCC3)ccc2Cl)c(C)c1. The van der Waals surface area contributed by atoms with Crippen LogP contribution in [0.5, 0.6) is 0 Å². The van der Waals surface area contributed by atoms with Gasteiger partial charge in [-0.2, -0.15) is 0 Å². The quantitative estimate of drug-likeness (QED) is 0.771. The number of halogens is 1. The number of amides is 1. The average Bonchev–Trinajstić information content (AvgIpc) is 3.10. The highest BCUT2D eigenvalue weighted by Crippen LogP contribution is 2.27. The second-order valence-corrected chi connectivity index (χ2v) is 9.08. The van der Waals surface area contributed by atoms with Crippen molar-refractivity contribution in [3.8, 4) is 0 Å². The molecule has 0 saturated heterocycles. The molecule has 0 unspecified atom stereocenters. The van der Waals surface area contributed by atoms with Crippen LogP contribution in [0.4, 0.5) is 5.69 Å². The van der Waals surface area contributed by atoms with Gasteiger partial charge in [-0.05, 0) is 56.5 Å². The molecule has 27 heavy (non-hydrogen) atoms. The number of hydrogen-bond acceptors (Lipinski definition) is 3. The lowest BCUT2D eigenvalue weighted by Crippen LogP contribution is -2.32. The van der Waals surface area contributed by atoms with Crippen molar-refractivity contribution >= 4 is 33.2 Å². The van der Waals surface area contributed by atoms with Crippen molar-refractivity contribution in [3.05, 3.63) is 58.1 Å². The van der Waals surface area contributed by atoms with Crippen LogP contribution in [0.25, 0.3) is 0 Å². The number of benzene rings is 2. The first kappa shape index (κ1) is 19.7. The van der Waals surface area contributed by atoms with E-state index < -0.39 is 10.0 Å². The molecule has 1 aliphatic carbocycles. The summed E-state index contributed by atoms with van der Waals surface area (Å²) in [7, 11) is -3.92. The number of carbonyl (C=O) groups is 1. The minimum absolute atomic E-state index is 0.0738. The van der Waals surface area contributed by atoms with E-state index in [4.69, 9.17) is 11.6 Å². The van der Waals surface area contributed by atoms with Gasteiger partial charge in [0.15, 0.2) is 0 Å². The highest BCUT2D eigenvalue weighted by molar-refractivity contribution is 7.92. The molecule has 2 aromatic carbocycles. The topological polar surface area (TPSA) is 75.3 Å². The maximum atomic E-state index is 12.9. The van der Waals surface area contributed by atoms with E-state index in [-0.39, 0.29) is 27.4 Å². The lowest BCUT2D eigenvalue weighted by Gasteiger charge is -2.15. The largest absolute Gasteiger partial charge is 0.349 e. The minimum atomic E-state index is -3.92. The first-order chi connectivity index (χ1) is 12.8. The molecule has 1 amide bonds. The van der Waals surface area contributed by atoms with Gasteiger partial charge in [0, 0.05) is 11.6 Å². The molecule has 0 aromatic heterocycles. The molecular formula is C20H23ClN2O3S. The molecule has 2 aromatic rings. The Labute approximate surface area is 165 Å². The van der Waals surface area contributed by atoms with Crippen LogP contribution >= 0.6 is 11.6 Å². The summed E-state index contributed by atoms with van der Waals surface area (Å²) in [6, 6.07) is 9.92. The first-order valence-corrected chi connectivity index (χ1v) is 10.8. The zero-order valence-electron chi connectivity index (χ0n) is 15.4. The third kappa shape index (κ3) is 4.62. The van der Waals surface area contributed by atoms with E-state index in [1.165, 1.54) is 12.1 Å². The second kappa shape index (κ2) is 7.90. The molecule has 7 heteroatoms. The number of carbonyl (C=O) groups excluding carboxylic acids is 1. The summed E-state index contributed by atoms with van der Waals surface area (Å²) in [6.45, 7) is 3.77. The maximum Gasteiger partial charge on any atom is 0.263 e. The van der Waals surface area contributed by atoms with E-state index in [2.05, 4.69) is 10.0 Å². The highest BCUT2D eigenvalue weighted by Gasteiger charge is 2.23. The number of anilines is 1. The predicted octanol–water partition coefficient (Wildman–Crippen LogP) is 4.43. The molecule has 0 spiro atoms. The normalized spacial score (nSPS) is 14.9. The van der Waals surface area contributed by atoms with Gasteiger partial charge in [0.1, 0.15) is 4.90 Å². The molecule has 1 aliphatic rings. The van der Waals surface area contributed by atoms with Gasteiger partial charge in [-0.25, -0.2) is 8.42 Å². The molecule has 2 N–H and O–H groups in total. The van der Waals surface area contributed by atoms with Crippen molar-refractivity contribution in [2.75, 3.05) is 4.72 Å². The smallest absolute Gasteiger partial charge is 0.263 e. The zero-order valence-corrected chi connectivity index (χ0v) is 17.0. The number of nitrogens with one attached hydrogen (secondary N) is 2. The molecule has 144 valence electrons. The van der Waals surface area contributed by atoms with Crippen molar-refractivity contribution in [1.29, 1.82) is 0 Å². The van der Waals surface area contributed by atoms with Gasteiger partial charge in [0.2, 0.25) is 0 Å². The van der Waals surface area contributed by atoms with Crippen LogP contribution in [0.3, 0.4) is 0 Å². The van der Waals surface area contributed by atoms with Crippen molar-refractivity contribution in [3.63, 3.8) is 0 Å². The lowest BCUT2D eigenvalue weighted by atomic mass is 10.1. The van der Waals surface area contributed by atoms with Crippen molar-refractivity contribution in [1.82, 2.24) is 5.32 Å². The third-order valence-electron chi connectivity index (χ3n) is 4.80. The Morgan fingerprint density at radius 1 is 1.07 bits per heavy atom. The van der Waals surface area contributed by atoms with E-state index in [9.17, 15) is 13.2 Å². The van der Waals surface area contributed by atoms with Gasteiger partial charge in [0.05, 0.1) is 10.7 Å². The van der Waals surface area contributed by atoms with E-state index in [0.717, 1.165) is 36.8 Å². The Kier molecular flexibility index (Phi) is 5.77. The molecule has 0 atom stereocenters. The Bertz CT molecular complexity index is 967. The first-order valence-electron chi connectivity index (χ1n) is 8.97. The fourth-order valence-corrected chi connectivity index (χ4v) is 4.97. The summed E-state index contributed by atoms with van der Waals surface area (Å²) >= 11 is 6.14. The summed E-state index contributed by atoms with van der Waals surface area (Å²) in [5.41, 5.74) is 2.62. The summed E-state index contributed by atoms with van der Waals surface area (Å²) < 4.78 is 28.3.